The van der Waals surface area contributed by atoms with E-state index in [0.717, 1.165) is 66.4 Å². The highest BCUT2D eigenvalue weighted by atomic mass is 16.3. The van der Waals surface area contributed by atoms with Crippen molar-refractivity contribution in [2.75, 3.05) is 0 Å². The quantitative estimate of drug-likeness (QED) is 0.163. The van der Waals surface area contributed by atoms with Gasteiger partial charge in [0.05, 0.1) is 0 Å². The van der Waals surface area contributed by atoms with Crippen LogP contribution in [0.1, 0.15) is 0 Å². The van der Waals surface area contributed by atoms with Crippen LogP contribution < -0.4 is 0 Å². The minimum Gasteiger partial charge on any atom is -0.456 e. The number of para-hydroxylation sites is 1. The predicted molar refractivity (Wildman–Crippen MR) is 219 cm³/mol. The molecule has 0 bridgehead atoms. The SMILES string of the molecule is c1ccc(-c2cccc(-c3nc(-c4ccccc4)nc(-c4cccc(-c5nc(-c6ccccc6)nc(-c6ccc7c(c6)oc6ccccc67)n5)c4)n3)c2)cc1. The molecule has 10 aromatic rings. The molecule has 0 N–H and O–H groups in total. The molecular formula is C48H30N6O. The summed E-state index contributed by atoms with van der Waals surface area (Å²) >= 11 is 0. The number of benzene rings is 7. The van der Waals surface area contributed by atoms with Gasteiger partial charge in [0.1, 0.15) is 11.2 Å². The van der Waals surface area contributed by atoms with Crippen LogP contribution >= 0.6 is 0 Å². The Hall–Kier alpha value is -7.64. The van der Waals surface area contributed by atoms with E-state index >= 15 is 0 Å². The van der Waals surface area contributed by atoms with Crippen LogP contribution in [0.2, 0.25) is 0 Å². The number of hydrogen-bond donors (Lipinski definition) is 0. The average molecular weight is 707 g/mol. The Bertz CT molecular complexity index is 2980. The molecule has 3 aromatic heterocycles. The highest BCUT2D eigenvalue weighted by Crippen LogP contribution is 2.34. The van der Waals surface area contributed by atoms with Crippen LogP contribution in [0.15, 0.2) is 186 Å². The lowest BCUT2D eigenvalue weighted by Gasteiger charge is -2.11. The molecule has 3 heterocycles. The molecule has 0 radical (unpaired) electrons. The molecule has 0 aliphatic rings. The predicted octanol–water partition coefficient (Wildman–Crippen LogP) is 11.6. The number of hydrogen-bond acceptors (Lipinski definition) is 7. The van der Waals surface area contributed by atoms with E-state index < -0.39 is 0 Å². The molecule has 10 rings (SSSR count). The second kappa shape index (κ2) is 13.7. The van der Waals surface area contributed by atoms with Gasteiger partial charge in [-0.25, -0.2) is 29.9 Å². The second-order valence-electron chi connectivity index (χ2n) is 13.2. The van der Waals surface area contributed by atoms with Gasteiger partial charge in [0, 0.05) is 44.2 Å². The molecule has 7 aromatic carbocycles. The Morgan fingerprint density at radius 3 is 1.13 bits per heavy atom. The Morgan fingerprint density at radius 2 is 0.600 bits per heavy atom. The Labute approximate surface area is 316 Å². The van der Waals surface area contributed by atoms with Gasteiger partial charge in [0.25, 0.3) is 0 Å². The van der Waals surface area contributed by atoms with Gasteiger partial charge in [-0.05, 0) is 41.5 Å². The fraction of sp³-hybridized carbons (Fsp3) is 0. The van der Waals surface area contributed by atoms with E-state index in [0.29, 0.717) is 34.9 Å². The molecule has 258 valence electrons. The first kappa shape index (κ1) is 32.0. The summed E-state index contributed by atoms with van der Waals surface area (Å²) in [5.74, 6) is 3.37. The first-order valence-corrected chi connectivity index (χ1v) is 18.0. The van der Waals surface area contributed by atoms with E-state index in [1.807, 2.05) is 146 Å². The van der Waals surface area contributed by atoms with Gasteiger partial charge in [-0.2, -0.15) is 0 Å². The maximum atomic E-state index is 6.23. The van der Waals surface area contributed by atoms with Crippen molar-refractivity contribution in [3.63, 3.8) is 0 Å². The van der Waals surface area contributed by atoms with Crippen molar-refractivity contribution in [2.24, 2.45) is 0 Å². The van der Waals surface area contributed by atoms with Gasteiger partial charge in [-0.1, -0.05) is 152 Å². The standard InChI is InChI=1S/C48H30N6O/c1-4-14-31(15-5-1)34-20-12-21-35(28-34)45-49-43(32-16-6-2-7-17-32)50-46(53-45)36-22-13-23-37(29-36)47-51-44(33-18-8-3-9-19-33)52-48(54-47)38-26-27-40-39-24-10-11-25-41(39)55-42(40)30-38/h1-30H. The second-order valence-corrected chi connectivity index (χ2v) is 13.2. The van der Waals surface area contributed by atoms with Crippen molar-refractivity contribution < 1.29 is 4.42 Å². The normalized spacial score (nSPS) is 11.3. The summed E-state index contributed by atoms with van der Waals surface area (Å²) in [5, 5.41) is 2.12. The summed E-state index contributed by atoms with van der Waals surface area (Å²) < 4.78 is 6.23. The Balaban J connectivity index is 1.10. The zero-order valence-electron chi connectivity index (χ0n) is 29.4. The van der Waals surface area contributed by atoms with E-state index in [4.69, 9.17) is 34.3 Å². The average Bonchev–Trinajstić information content (AvgIpc) is 3.65. The minimum absolute atomic E-state index is 0.531. The highest BCUT2D eigenvalue weighted by molar-refractivity contribution is 6.05. The summed E-state index contributed by atoms with van der Waals surface area (Å²) in [6.45, 7) is 0. The first-order chi connectivity index (χ1) is 27.2. The fourth-order valence-electron chi connectivity index (χ4n) is 6.83. The monoisotopic (exact) mass is 706 g/mol. The minimum atomic E-state index is 0.531. The molecular weight excluding hydrogens is 677 g/mol. The molecule has 7 heteroatoms. The van der Waals surface area contributed by atoms with Crippen molar-refractivity contribution in [2.45, 2.75) is 0 Å². The number of rotatable bonds is 7. The largest absolute Gasteiger partial charge is 0.456 e. The Morgan fingerprint density at radius 1 is 0.236 bits per heavy atom. The molecule has 0 amide bonds. The van der Waals surface area contributed by atoms with Gasteiger partial charge in [0.2, 0.25) is 0 Å². The van der Waals surface area contributed by atoms with E-state index in [9.17, 15) is 0 Å². The topological polar surface area (TPSA) is 90.5 Å². The van der Waals surface area contributed by atoms with E-state index in [1.54, 1.807) is 0 Å². The highest BCUT2D eigenvalue weighted by Gasteiger charge is 2.17. The van der Waals surface area contributed by atoms with Crippen LogP contribution in [0.25, 0.3) is 101 Å². The summed E-state index contributed by atoms with van der Waals surface area (Å²) in [4.78, 5) is 30.1. The molecule has 0 aliphatic heterocycles. The molecule has 0 atom stereocenters. The lowest BCUT2D eigenvalue weighted by molar-refractivity contribution is 0.669. The van der Waals surface area contributed by atoms with Gasteiger partial charge < -0.3 is 4.42 Å². The Kier molecular flexibility index (Phi) is 8.00. The van der Waals surface area contributed by atoms with E-state index in [-0.39, 0.29) is 0 Å². The van der Waals surface area contributed by atoms with Gasteiger partial charge in [-0.3, -0.25) is 0 Å². The third-order valence-electron chi connectivity index (χ3n) is 9.58. The third kappa shape index (κ3) is 6.30. The van der Waals surface area contributed by atoms with Crippen molar-refractivity contribution in [3.8, 4) is 79.5 Å². The van der Waals surface area contributed by atoms with Crippen molar-refractivity contribution >= 4 is 21.9 Å². The fourth-order valence-corrected chi connectivity index (χ4v) is 6.83. The maximum absolute atomic E-state index is 6.23. The number of aromatic nitrogens is 6. The zero-order chi connectivity index (χ0) is 36.6. The molecule has 55 heavy (non-hydrogen) atoms. The van der Waals surface area contributed by atoms with Crippen LogP contribution in [0.3, 0.4) is 0 Å². The lowest BCUT2D eigenvalue weighted by atomic mass is 10.0. The van der Waals surface area contributed by atoms with Gasteiger partial charge in [-0.15, -0.1) is 0 Å². The van der Waals surface area contributed by atoms with Crippen LogP contribution in [0.5, 0.6) is 0 Å². The maximum Gasteiger partial charge on any atom is 0.164 e. The van der Waals surface area contributed by atoms with Gasteiger partial charge >= 0.3 is 0 Å². The summed E-state index contributed by atoms with van der Waals surface area (Å²) in [7, 11) is 0. The molecule has 0 spiro atoms. The lowest BCUT2D eigenvalue weighted by Crippen LogP contribution is -2.02. The molecule has 0 saturated carbocycles. The van der Waals surface area contributed by atoms with Crippen LogP contribution in [0.4, 0.5) is 0 Å². The zero-order valence-corrected chi connectivity index (χ0v) is 29.4. The van der Waals surface area contributed by atoms with Crippen LogP contribution in [-0.2, 0) is 0 Å². The van der Waals surface area contributed by atoms with E-state index in [1.165, 1.54) is 0 Å². The van der Waals surface area contributed by atoms with Crippen LogP contribution in [0, 0.1) is 0 Å². The van der Waals surface area contributed by atoms with Crippen molar-refractivity contribution in [1.82, 2.24) is 29.9 Å². The number of nitrogens with zero attached hydrogens (tertiary/aromatic N) is 6. The third-order valence-corrected chi connectivity index (χ3v) is 9.58. The number of fused-ring (bicyclic) bond motifs is 3. The van der Waals surface area contributed by atoms with Gasteiger partial charge in [0.15, 0.2) is 34.9 Å². The molecule has 0 saturated heterocycles. The van der Waals surface area contributed by atoms with Crippen LogP contribution in [-0.4, -0.2) is 29.9 Å². The van der Waals surface area contributed by atoms with Crippen molar-refractivity contribution in [1.29, 1.82) is 0 Å². The van der Waals surface area contributed by atoms with E-state index in [2.05, 4.69) is 36.4 Å². The summed E-state index contributed by atoms with van der Waals surface area (Å²) in [6.07, 6.45) is 0. The van der Waals surface area contributed by atoms with Crippen molar-refractivity contribution in [3.05, 3.63) is 182 Å². The first-order valence-electron chi connectivity index (χ1n) is 18.0. The summed E-state index contributed by atoms with van der Waals surface area (Å²) in [6, 6.07) is 60.8. The molecule has 7 nitrogen and oxygen atoms in total. The molecule has 0 unspecified atom stereocenters. The molecule has 0 aliphatic carbocycles. The number of furan rings is 1. The smallest absolute Gasteiger partial charge is 0.164 e. The molecule has 0 fully saturated rings. The summed E-state index contributed by atoms with van der Waals surface area (Å²) in [5.41, 5.74) is 8.96.